The molecule has 0 fully saturated rings. The third-order valence-corrected chi connectivity index (χ3v) is 2.76. The van der Waals surface area contributed by atoms with Gasteiger partial charge >= 0.3 is 0 Å². The minimum Gasteiger partial charge on any atom is -0.493 e. The summed E-state index contributed by atoms with van der Waals surface area (Å²) in [4.78, 5) is 0. The van der Waals surface area contributed by atoms with Crippen LogP contribution in [0.3, 0.4) is 0 Å². The van der Waals surface area contributed by atoms with Crippen molar-refractivity contribution in [2.75, 3.05) is 13.2 Å². The van der Waals surface area contributed by atoms with Crippen LogP contribution in [0, 0.1) is 17.7 Å². The number of halogens is 1. The van der Waals surface area contributed by atoms with E-state index in [9.17, 15) is 4.39 Å². The number of aromatic nitrogens is 2. The van der Waals surface area contributed by atoms with E-state index in [0.29, 0.717) is 30.8 Å². The molecule has 0 unspecified atom stereocenters. The molecule has 110 valence electrons. The zero-order chi connectivity index (χ0) is 15.1. The predicted molar refractivity (Wildman–Crippen MR) is 77.4 cm³/mol. The average molecular weight is 288 g/mol. The van der Waals surface area contributed by atoms with Crippen molar-refractivity contribution in [1.29, 1.82) is 0 Å². The SMILES string of the molecule is Cn1cc(CCOc2cc(F)cc(C#CCCO)c2)cn1. The van der Waals surface area contributed by atoms with Crippen molar-refractivity contribution >= 4 is 0 Å². The number of hydrogen-bond donors (Lipinski definition) is 1. The van der Waals surface area contributed by atoms with Gasteiger partial charge in [-0.15, -0.1) is 0 Å². The Morgan fingerprint density at radius 1 is 1.38 bits per heavy atom. The van der Waals surface area contributed by atoms with E-state index < -0.39 is 0 Å². The molecule has 1 heterocycles. The van der Waals surface area contributed by atoms with Crippen LogP contribution < -0.4 is 4.74 Å². The summed E-state index contributed by atoms with van der Waals surface area (Å²) in [5, 5.41) is 12.7. The quantitative estimate of drug-likeness (QED) is 0.855. The summed E-state index contributed by atoms with van der Waals surface area (Å²) >= 11 is 0. The highest BCUT2D eigenvalue weighted by Crippen LogP contribution is 2.16. The van der Waals surface area contributed by atoms with Crippen molar-refractivity contribution in [3.05, 3.63) is 47.5 Å². The largest absolute Gasteiger partial charge is 0.493 e. The molecule has 0 saturated heterocycles. The fraction of sp³-hybridized carbons (Fsp3) is 0.312. The van der Waals surface area contributed by atoms with Gasteiger partial charge in [0.1, 0.15) is 11.6 Å². The van der Waals surface area contributed by atoms with E-state index in [4.69, 9.17) is 9.84 Å². The number of aliphatic hydroxyl groups is 1. The van der Waals surface area contributed by atoms with E-state index in [1.165, 1.54) is 12.1 Å². The lowest BCUT2D eigenvalue weighted by atomic mass is 10.2. The average Bonchev–Trinajstić information content (AvgIpc) is 2.84. The minimum absolute atomic E-state index is 0.00319. The van der Waals surface area contributed by atoms with Crippen molar-refractivity contribution in [3.8, 4) is 17.6 Å². The second-order valence-corrected chi connectivity index (χ2v) is 4.57. The Balaban J connectivity index is 1.95. The van der Waals surface area contributed by atoms with Gasteiger partial charge in [-0.3, -0.25) is 4.68 Å². The summed E-state index contributed by atoms with van der Waals surface area (Å²) in [6.45, 7) is 0.440. The van der Waals surface area contributed by atoms with Gasteiger partial charge in [0.25, 0.3) is 0 Å². The molecular weight excluding hydrogens is 271 g/mol. The first-order valence-corrected chi connectivity index (χ1v) is 6.68. The summed E-state index contributed by atoms with van der Waals surface area (Å²) in [6.07, 6.45) is 4.77. The van der Waals surface area contributed by atoms with Gasteiger partial charge < -0.3 is 9.84 Å². The topological polar surface area (TPSA) is 47.3 Å². The van der Waals surface area contributed by atoms with E-state index in [2.05, 4.69) is 16.9 Å². The van der Waals surface area contributed by atoms with E-state index in [0.717, 1.165) is 5.56 Å². The van der Waals surface area contributed by atoms with Crippen molar-refractivity contribution in [2.24, 2.45) is 7.05 Å². The summed E-state index contributed by atoms with van der Waals surface area (Å²) in [6, 6.07) is 4.37. The lowest BCUT2D eigenvalue weighted by Crippen LogP contribution is -2.01. The molecule has 0 aliphatic carbocycles. The zero-order valence-electron chi connectivity index (χ0n) is 11.8. The first kappa shape index (κ1) is 15.1. The van der Waals surface area contributed by atoms with E-state index in [1.807, 2.05) is 13.2 Å². The van der Waals surface area contributed by atoms with Crippen LogP contribution in [-0.2, 0) is 13.5 Å². The highest BCUT2D eigenvalue weighted by Gasteiger charge is 2.02. The lowest BCUT2D eigenvalue weighted by Gasteiger charge is -2.06. The van der Waals surface area contributed by atoms with Gasteiger partial charge in [-0.2, -0.15) is 5.10 Å². The van der Waals surface area contributed by atoms with Crippen LogP contribution in [0.5, 0.6) is 5.75 Å². The number of aliphatic hydroxyl groups excluding tert-OH is 1. The molecule has 4 nitrogen and oxygen atoms in total. The normalized spacial score (nSPS) is 10.0. The third-order valence-electron chi connectivity index (χ3n) is 2.76. The molecule has 2 rings (SSSR count). The van der Waals surface area contributed by atoms with Gasteiger partial charge in [0.15, 0.2) is 0 Å². The number of rotatable bonds is 5. The van der Waals surface area contributed by atoms with Crippen LogP contribution in [0.2, 0.25) is 0 Å². The fourth-order valence-corrected chi connectivity index (χ4v) is 1.83. The monoisotopic (exact) mass is 288 g/mol. The second-order valence-electron chi connectivity index (χ2n) is 4.57. The molecule has 1 aromatic heterocycles. The van der Waals surface area contributed by atoms with Crippen molar-refractivity contribution < 1.29 is 14.2 Å². The Morgan fingerprint density at radius 2 is 2.24 bits per heavy atom. The van der Waals surface area contributed by atoms with E-state index in [1.54, 1.807) is 16.9 Å². The molecule has 0 aliphatic rings. The number of nitrogens with zero attached hydrogens (tertiary/aromatic N) is 2. The molecule has 0 amide bonds. The van der Waals surface area contributed by atoms with Gasteiger partial charge in [-0.25, -0.2) is 4.39 Å². The molecule has 1 N–H and O–H groups in total. The minimum atomic E-state index is -0.387. The number of aryl methyl sites for hydroxylation is 1. The van der Waals surface area contributed by atoms with E-state index >= 15 is 0 Å². The van der Waals surface area contributed by atoms with Crippen molar-refractivity contribution in [3.63, 3.8) is 0 Å². The number of hydrogen-bond acceptors (Lipinski definition) is 3. The maximum Gasteiger partial charge on any atom is 0.128 e. The van der Waals surface area contributed by atoms with Crippen molar-refractivity contribution in [1.82, 2.24) is 9.78 Å². The van der Waals surface area contributed by atoms with Crippen LogP contribution in [0.25, 0.3) is 0 Å². The van der Waals surface area contributed by atoms with Gasteiger partial charge in [-0.05, 0) is 17.7 Å². The lowest BCUT2D eigenvalue weighted by molar-refractivity contribution is 0.305. The summed E-state index contributed by atoms with van der Waals surface area (Å²) in [5.41, 5.74) is 1.61. The maximum atomic E-state index is 13.5. The molecule has 1 aromatic carbocycles. The number of ether oxygens (including phenoxy) is 1. The molecule has 5 heteroatoms. The molecule has 21 heavy (non-hydrogen) atoms. The summed E-state index contributed by atoms with van der Waals surface area (Å²) in [5.74, 6) is 5.62. The smallest absolute Gasteiger partial charge is 0.128 e. The molecule has 0 bridgehead atoms. The van der Waals surface area contributed by atoms with Gasteiger partial charge in [0.2, 0.25) is 0 Å². The van der Waals surface area contributed by atoms with Crippen LogP contribution in [0.15, 0.2) is 30.6 Å². The van der Waals surface area contributed by atoms with Crippen LogP contribution in [-0.4, -0.2) is 28.1 Å². The molecular formula is C16H17FN2O2. The number of benzene rings is 1. The Labute approximate surface area is 123 Å². The molecule has 0 saturated carbocycles. The Hall–Kier alpha value is -2.32. The Kier molecular flexibility index (Phi) is 5.35. The summed E-state index contributed by atoms with van der Waals surface area (Å²) < 4.78 is 20.8. The first-order chi connectivity index (χ1) is 10.2. The second kappa shape index (κ2) is 7.46. The summed E-state index contributed by atoms with van der Waals surface area (Å²) in [7, 11) is 1.86. The van der Waals surface area contributed by atoms with Gasteiger partial charge in [-0.1, -0.05) is 11.8 Å². The molecule has 2 aromatic rings. The fourth-order valence-electron chi connectivity index (χ4n) is 1.83. The van der Waals surface area contributed by atoms with Crippen LogP contribution in [0.4, 0.5) is 4.39 Å². The molecule has 0 spiro atoms. The molecule has 0 radical (unpaired) electrons. The molecule has 0 aliphatic heterocycles. The van der Waals surface area contributed by atoms with Gasteiger partial charge in [0.05, 0.1) is 19.4 Å². The van der Waals surface area contributed by atoms with Crippen LogP contribution in [0.1, 0.15) is 17.5 Å². The maximum absolute atomic E-state index is 13.5. The molecule has 0 atom stereocenters. The van der Waals surface area contributed by atoms with E-state index in [-0.39, 0.29) is 12.4 Å². The Bertz CT molecular complexity index is 656. The standard InChI is InChI=1S/C16H17FN2O2/c1-19-12-14(11-18-19)5-7-21-16-9-13(4-2-3-6-20)8-15(17)10-16/h8-12,20H,3,5-7H2,1H3. The van der Waals surface area contributed by atoms with Crippen LogP contribution >= 0.6 is 0 Å². The highest BCUT2D eigenvalue weighted by atomic mass is 19.1. The van der Waals surface area contributed by atoms with Gasteiger partial charge in [0, 0.05) is 37.7 Å². The highest BCUT2D eigenvalue weighted by molar-refractivity contribution is 5.40. The predicted octanol–water partition coefficient (Wildman–Crippen LogP) is 1.91. The Morgan fingerprint density at radius 3 is 2.95 bits per heavy atom. The van der Waals surface area contributed by atoms with Crippen molar-refractivity contribution in [2.45, 2.75) is 12.8 Å². The first-order valence-electron chi connectivity index (χ1n) is 6.68. The third kappa shape index (κ3) is 4.93. The zero-order valence-corrected chi connectivity index (χ0v) is 11.8.